The summed E-state index contributed by atoms with van der Waals surface area (Å²) in [4.78, 5) is 3.98. The highest BCUT2D eigenvalue weighted by Crippen LogP contribution is 2.39. The van der Waals surface area contributed by atoms with Crippen molar-refractivity contribution in [2.24, 2.45) is 0 Å². The third-order valence-corrected chi connectivity index (χ3v) is 5.56. The van der Waals surface area contributed by atoms with Crippen molar-refractivity contribution in [3.05, 3.63) is 89.7 Å². The first-order valence-corrected chi connectivity index (χ1v) is 9.62. The molecule has 1 nitrogen and oxygen atoms in total. The van der Waals surface area contributed by atoms with Crippen LogP contribution < -0.4 is 0 Å². The monoisotopic (exact) mass is 359 g/mol. The van der Waals surface area contributed by atoms with Gasteiger partial charge >= 0.3 is 0 Å². The van der Waals surface area contributed by atoms with E-state index < -0.39 is 0 Å². The molecule has 1 aromatic heterocycles. The molecule has 3 aromatic carbocycles. The van der Waals surface area contributed by atoms with Gasteiger partial charge in [0, 0.05) is 11.9 Å². The average molecular weight is 360 g/mol. The van der Waals surface area contributed by atoms with Gasteiger partial charge in [-0.25, -0.2) is 0 Å². The topological polar surface area (TPSA) is 12.9 Å². The van der Waals surface area contributed by atoms with Crippen molar-refractivity contribution < 1.29 is 0 Å². The Labute approximate surface area is 159 Å². The second-order valence-electron chi connectivity index (χ2n) is 6.85. The van der Waals surface area contributed by atoms with Gasteiger partial charge in [-0.15, -0.1) is 11.6 Å². The van der Waals surface area contributed by atoms with E-state index in [0.29, 0.717) is 0 Å². The van der Waals surface area contributed by atoms with Crippen molar-refractivity contribution in [3.63, 3.8) is 0 Å². The highest BCUT2D eigenvalue weighted by atomic mass is 35.5. The zero-order chi connectivity index (χ0) is 17.9. The average Bonchev–Trinajstić information content (AvgIpc) is 2.69. The fourth-order valence-corrected chi connectivity index (χ4v) is 4.16. The Bertz CT molecular complexity index is 1040. The van der Waals surface area contributed by atoms with Crippen molar-refractivity contribution in [3.8, 4) is 0 Å². The minimum absolute atomic E-state index is 0.194. The molecule has 1 aliphatic carbocycles. The summed E-state index contributed by atoms with van der Waals surface area (Å²) in [6.45, 7) is 1.97. The van der Waals surface area contributed by atoms with Gasteiger partial charge in [0.1, 0.15) is 0 Å². The fraction of sp³-hybridized carbons (Fsp3) is 0.208. The second-order valence-corrected chi connectivity index (χ2v) is 7.37. The van der Waals surface area contributed by atoms with Crippen LogP contribution in [0.5, 0.6) is 0 Å². The minimum Gasteiger partial charge on any atom is -0.262 e. The van der Waals surface area contributed by atoms with E-state index in [0.717, 1.165) is 18.5 Å². The summed E-state index contributed by atoms with van der Waals surface area (Å²) in [6, 6.07) is 23.4. The molecule has 1 heterocycles. The smallest absolute Gasteiger partial charge is 0.0588 e. The first-order chi connectivity index (χ1) is 12.7. The highest BCUT2D eigenvalue weighted by Gasteiger charge is 2.20. The number of aromatic nitrogens is 1. The van der Waals surface area contributed by atoms with Gasteiger partial charge in [0.2, 0.25) is 0 Å². The van der Waals surface area contributed by atoms with Crippen LogP contribution in [0.1, 0.15) is 35.0 Å². The van der Waals surface area contributed by atoms with E-state index >= 15 is 0 Å². The molecule has 0 saturated heterocycles. The number of rotatable bonds is 0. The lowest BCUT2D eigenvalue weighted by molar-refractivity contribution is 0.672. The lowest BCUT2D eigenvalue weighted by atomic mass is 9.86. The number of hydrogen-bond acceptors (Lipinski definition) is 1. The Balaban J connectivity index is 0.000000204. The summed E-state index contributed by atoms with van der Waals surface area (Å²) < 4.78 is 0. The largest absolute Gasteiger partial charge is 0.262 e. The summed E-state index contributed by atoms with van der Waals surface area (Å²) in [6.07, 6.45) is 5.25. The fourth-order valence-electron chi connectivity index (χ4n) is 3.80. The number of fused-ring (bicyclic) bond motifs is 5. The van der Waals surface area contributed by atoms with E-state index in [4.69, 9.17) is 11.6 Å². The molecule has 0 bridgehead atoms. The van der Waals surface area contributed by atoms with E-state index in [1.54, 1.807) is 6.20 Å². The first kappa shape index (κ1) is 17.1. The van der Waals surface area contributed by atoms with Crippen LogP contribution in [-0.4, -0.2) is 4.98 Å². The molecular formula is C24H22ClN. The number of nitrogens with zero attached hydrogens (tertiary/aromatic N) is 1. The van der Waals surface area contributed by atoms with Gasteiger partial charge in [0.25, 0.3) is 0 Å². The molecule has 1 unspecified atom stereocenters. The molecule has 0 N–H and O–H groups in total. The molecule has 0 amide bonds. The van der Waals surface area contributed by atoms with Gasteiger partial charge in [0.05, 0.1) is 5.38 Å². The van der Waals surface area contributed by atoms with Crippen LogP contribution in [0.2, 0.25) is 0 Å². The van der Waals surface area contributed by atoms with Gasteiger partial charge in [-0.1, -0.05) is 54.6 Å². The summed E-state index contributed by atoms with van der Waals surface area (Å²) in [7, 11) is 0. The van der Waals surface area contributed by atoms with Gasteiger partial charge in [-0.3, -0.25) is 4.98 Å². The van der Waals surface area contributed by atoms with Crippen molar-refractivity contribution in [2.75, 3.05) is 0 Å². The van der Waals surface area contributed by atoms with Crippen LogP contribution in [0.15, 0.2) is 72.9 Å². The van der Waals surface area contributed by atoms with Crippen molar-refractivity contribution in [1.29, 1.82) is 0 Å². The summed E-state index contributed by atoms with van der Waals surface area (Å²) in [5, 5.41) is 5.61. The maximum absolute atomic E-state index is 6.47. The molecular weight excluding hydrogens is 338 g/mol. The normalized spacial score (nSPS) is 16.0. The quantitative estimate of drug-likeness (QED) is 0.243. The van der Waals surface area contributed by atoms with Crippen LogP contribution in [0.25, 0.3) is 21.5 Å². The Kier molecular flexibility index (Phi) is 4.90. The number of alkyl halides is 1. The molecule has 1 atom stereocenters. The van der Waals surface area contributed by atoms with Gasteiger partial charge < -0.3 is 0 Å². The number of hydrogen-bond donors (Lipinski definition) is 0. The number of pyridine rings is 1. The van der Waals surface area contributed by atoms with E-state index in [1.165, 1.54) is 39.1 Å². The SMILES string of the molecule is Cc1ccccn1.ClC1CCCc2c1ccc1c2ccc2ccccc21. The molecule has 0 spiro atoms. The molecule has 0 fully saturated rings. The minimum atomic E-state index is 0.194. The molecule has 26 heavy (non-hydrogen) atoms. The zero-order valence-corrected chi connectivity index (χ0v) is 15.7. The van der Waals surface area contributed by atoms with Crippen LogP contribution >= 0.6 is 11.6 Å². The van der Waals surface area contributed by atoms with Crippen molar-refractivity contribution in [1.82, 2.24) is 4.98 Å². The second kappa shape index (κ2) is 7.47. The van der Waals surface area contributed by atoms with Crippen molar-refractivity contribution >= 4 is 33.1 Å². The van der Waals surface area contributed by atoms with Gasteiger partial charge in [-0.05, 0) is 71.0 Å². The van der Waals surface area contributed by atoms with E-state index in [9.17, 15) is 0 Å². The standard InChI is InChI=1S/C18H15Cl.C6H7N/c19-18-7-3-6-14-16-9-8-12-4-1-2-5-13(12)15(16)10-11-17(14)18;1-6-4-2-3-5-7-6/h1-2,4-5,8-11,18H,3,6-7H2;2-5H,1H3. The van der Waals surface area contributed by atoms with E-state index in [1.807, 2.05) is 25.1 Å². The molecule has 1 aliphatic rings. The Morgan fingerprint density at radius 3 is 2.42 bits per heavy atom. The molecule has 0 saturated carbocycles. The zero-order valence-electron chi connectivity index (χ0n) is 15.0. The third-order valence-electron chi connectivity index (χ3n) is 5.11. The highest BCUT2D eigenvalue weighted by molar-refractivity contribution is 6.21. The lowest BCUT2D eigenvalue weighted by Gasteiger charge is -2.22. The Morgan fingerprint density at radius 2 is 1.65 bits per heavy atom. The molecule has 5 rings (SSSR count). The molecule has 4 aromatic rings. The molecule has 130 valence electrons. The van der Waals surface area contributed by atoms with E-state index in [-0.39, 0.29) is 5.38 Å². The number of aryl methyl sites for hydroxylation is 2. The molecule has 2 heteroatoms. The predicted octanol–water partition coefficient (Wildman–Crippen LogP) is 7.00. The van der Waals surface area contributed by atoms with Crippen LogP contribution in [0, 0.1) is 6.92 Å². The van der Waals surface area contributed by atoms with Crippen LogP contribution in [-0.2, 0) is 6.42 Å². The van der Waals surface area contributed by atoms with Gasteiger partial charge in [0.15, 0.2) is 0 Å². The third kappa shape index (κ3) is 3.32. The van der Waals surface area contributed by atoms with E-state index in [2.05, 4.69) is 53.5 Å². The maximum Gasteiger partial charge on any atom is 0.0588 e. The van der Waals surface area contributed by atoms with Gasteiger partial charge in [-0.2, -0.15) is 0 Å². The Morgan fingerprint density at radius 1 is 0.846 bits per heavy atom. The predicted molar refractivity (Wildman–Crippen MR) is 112 cm³/mol. The summed E-state index contributed by atoms with van der Waals surface area (Å²) in [5.41, 5.74) is 3.88. The Hall–Kier alpha value is -2.38. The number of benzene rings is 3. The summed E-state index contributed by atoms with van der Waals surface area (Å²) >= 11 is 6.47. The van der Waals surface area contributed by atoms with Crippen LogP contribution in [0.3, 0.4) is 0 Å². The molecule has 0 radical (unpaired) electrons. The summed E-state index contributed by atoms with van der Waals surface area (Å²) in [5.74, 6) is 0. The first-order valence-electron chi connectivity index (χ1n) is 9.19. The maximum atomic E-state index is 6.47. The van der Waals surface area contributed by atoms with Crippen LogP contribution in [0.4, 0.5) is 0 Å². The molecule has 0 aliphatic heterocycles. The number of halogens is 1. The lowest BCUT2D eigenvalue weighted by Crippen LogP contribution is -2.05. The van der Waals surface area contributed by atoms with Crippen molar-refractivity contribution in [2.45, 2.75) is 31.6 Å².